The zero-order valence-corrected chi connectivity index (χ0v) is 8.61. The van der Waals surface area contributed by atoms with Crippen molar-refractivity contribution in [1.29, 1.82) is 0 Å². The van der Waals surface area contributed by atoms with Gasteiger partial charge in [0.2, 0.25) is 0 Å². The van der Waals surface area contributed by atoms with Crippen LogP contribution in [0, 0.1) is 11.8 Å². The number of hydrogen-bond donors (Lipinski definition) is 2. The van der Waals surface area contributed by atoms with Crippen LogP contribution in [0.1, 0.15) is 27.7 Å². The highest BCUT2D eigenvalue weighted by atomic mass is 16.5. The predicted molar refractivity (Wildman–Crippen MR) is 52.2 cm³/mol. The highest BCUT2D eigenvalue weighted by molar-refractivity contribution is 4.93. The van der Waals surface area contributed by atoms with Gasteiger partial charge in [-0.15, -0.1) is 0 Å². The molecule has 13 heavy (non-hydrogen) atoms. The fraction of sp³-hybridized carbons (Fsp3) is 0.600. The van der Waals surface area contributed by atoms with Gasteiger partial charge in [0, 0.05) is 11.8 Å². The molecule has 0 spiro atoms. The molecular formula is C10H18O3. The zero-order chi connectivity index (χ0) is 10.4. The molecule has 0 heterocycles. The predicted octanol–water partition coefficient (Wildman–Crippen LogP) is 3.11. The first kappa shape index (κ1) is 11.9. The van der Waals surface area contributed by atoms with Crippen molar-refractivity contribution >= 4 is 0 Å². The Morgan fingerprint density at radius 1 is 0.923 bits per heavy atom. The van der Waals surface area contributed by atoms with E-state index in [1.54, 1.807) is 0 Å². The molecule has 0 atom stereocenters. The Morgan fingerprint density at radius 2 is 1.23 bits per heavy atom. The van der Waals surface area contributed by atoms with Gasteiger partial charge in [-0.05, 0) is 0 Å². The van der Waals surface area contributed by atoms with E-state index in [4.69, 9.17) is 4.74 Å². The largest absolute Gasteiger partial charge is 0.509 e. The van der Waals surface area contributed by atoms with Gasteiger partial charge < -0.3 is 14.9 Å². The van der Waals surface area contributed by atoms with E-state index in [9.17, 15) is 10.2 Å². The summed E-state index contributed by atoms with van der Waals surface area (Å²) in [4.78, 5) is 0. The van der Waals surface area contributed by atoms with E-state index in [2.05, 4.69) is 0 Å². The number of ether oxygens (including phenoxy) is 1. The lowest BCUT2D eigenvalue weighted by Crippen LogP contribution is -1.94. The second-order valence-electron chi connectivity index (χ2n) is 3.53. The molecule has 0 fully saturated rings. The normalized spacial score (nSPS) is 14.0. The summed E-state index contributed by atoms with van der Waals surface area (Å²) >= 11 is 0. The van der Waals surface area contributed by atoms with Crippen LogP contribution in [-0.4, -0.2) is 10.2 Å². The Morgan fingerprint density at radius 3 is 1.46 bits per heavy atom. The maximum absolute atomic E-state index is 9.20. The van der Waals surface area contributed by atoms with Gasteiger partial charge in [0.15, 0.2) is 0 Å². The molecule has 0 amide bonds. The average Bonchev–Trinajstić information content (AvgIpc) is 2.03. The van der Waals surface area contributed by atoms with Crippen LogP contribution in [0.4, 0.5) is 0 Å². The van der Waals surface area contributed by atoms with Crippen molar-refractivity contribution in [3.8, 4) is 0 Å². The number of aliphatic hydroxyl groups is 2. The molecule has 76 valence electrons. The first-order valence-electron chi connectivity index (χ1n) is 4.38. The average molecular weight is 186 g/mol. The van der Waals surface area contributed by atoms with Gasteiger partial charge in [0.1, 0.15) is 24.0 Å². The summed E-state index contributed by atoms with van der Waals surface area (Å²) < 4.78 is 4.86. The molecule has 0 radical (unpaired) electrons. The molecule has 0 saturated carbocycles. The second-order valence-corrected chi connectivity index (χ2v) is 3.53. The molecule has 0 saturated heterocycles. The third kappa shape index (κ3) is 5.17. The molecule has 0 aliphatic carbocycles. The third-order valence-electron chi connectivity index (χ3n) is 1.56. The van der Waals surface area contributed by atoms with Crippen molar-refractivity contribution in [2.75, 3.05) is 0 Å². The molecule has 0 aliphatic heterocycles. The van der Waals surface area contributed by atoms with Crippen LogP contribution in [0.5, 0.6) is 0 Å². The maximum Gasteiger partial charge on any atom is 0.130 e. The lowest BCUT2D eigenvalue weighted by molar-refractivity contribution is 0.272. The number of allylic oxidation sites excluding steroid dienone is 2. The highest BCUT2D eigenvalue weighted by Crippen LogP contribution is 2.08. The van der Waals surface area contributed by atoms with Gasteiger partial charge in [0.25, 0.3) is 0 Å². The van der Waals surface area contributed by atoms with E-state index in [1.165, 1.54) is 12.5 Å². The number of hydrogen-bond acceptors (Lipinski definition) is 3. The molecule has 3 heteroatoms. The minimum absolute atomic E-state index is 0.0367. The summed E-state index contributed by atoms with van der Waals surface area (Å²) in [6.45, 7) is 7.39. The van der Waals surface area contributed by atoms with E-state index in [1.807, 2.05) is 27.7 Å². The molecule has 0 aromatic heterocycles. The van der Waals surface area contributed by atoms with Crippen molar-refractivity contribution < 1.29 is 14.9 Å². The Hall–Kier alpha value is -1.12. The fourth-order valence-electron chi connectivity index (χ4n) is 0.446. The monoisotopic (exact) mass is 186 g/mol. The minimum atomic E-state index is 0.0367. The summed E-state index contributed by atoms with van der Waals surface area (Å²) in [5, 5.41) is 18.4. The van der Waals surface area contributed by atoms with Crippen LogP contribution >= 0.6 is 0 Å². The molecule has 0 aromatic rings. The van der Waals surface area contributed by atoms with Gasteiger partial charge >= 0.3 is 0 Å². The lowest BCUT2D eigenvalue weighted by Gasteiger charge is -2.04. The van der Waals surface area contributed by atoms with E-state index >= 15 is 0 Å². The number of aliphatic hydroxyl groups excluding tert-OH is 2. The van der Waals surface area contributed by atoms with E-state index in [0.717, 1.165) is 0 Å². The molecule has 0 aromatic carbocycles. The summed E-state index contributed by atoms with van der Waals surface area (Å²) in [5.74, 6) is 0.393. The Bertz CT molecular complexity index is 180. The maximum atomic E-state index is 9.20. The number of rotatable bonds is 4. The van der Waals surface area contributed by atoms with Crippen LogP contribution < -0.4 is 0 Å². The Kier molecular flexibility index (Phi) is 5.04. The topological polar surface area (TPSA) is 49.7 Å². The van der Waals surface area contributed by atoms with Crippen LogP contribution in [0.2, 0.25) is 0 Å². The lowest BCUT2D eigenvalue weighted by atomic mass is 10.2. The first-order valence-corrected chi connectivity index (χ1v) is 4.38. The quantitative estimate of drug-likeness (QED) is 0.663. The van der Waals surface area contributed by atoms with Gasteiger partial charge in [-0.2, -0.15) is 0 Å². The standard InChI is InChI=1S/C10H18O3/c1-7(2)9(11)5-13-6-10(12)8(3)4/h5-8,11-12H,1-4H3. The summed E-state index contributed by atoms with van der Waals surface area (Å²) in [5.41, 5.74) is 0. The Labute approximate surface area is 79.3 Å². The van der Waals surface area contributed by atoms with E-state index < -0.39 is 0 Å². The van der Waals surface area contributed by atoms with Gasteiger partial charge in [-0.3, -0.25) is 0 Å². The smallest absolute Gasteiger partial charge is 0.130 e. The summed E-state index contributed by atoms with van der Waals surface area (Å²) in [6.07, 6.45) is 2.45. The second kappa shape index (κ2) is 5.51. The molecular weight excluding hydrogens is 168 g/mol. The van der Waals surface area contributed by atoms with Crippen LogP contribution in [0.3, 0.4) is 0 Å². The minimum Gasteiger partial charge on any atom is -0.509 e. The van der Waals surface area contributed by atoms with Gasteiger partial charge in [-0.1, -0.05) is 27.7 Å². The molecule has 3 nitrogen and oxygen atoms in total. The van der Waals surface area contributed by atoms with Crippen LogP contribution in [0.15, 0.2) is 24.0 Å². The van der Waals surface area contributed by atoms with E-state index in [-0.39, 0.29) is 23.4 Å². The summed E-state index contributed by atoms with van der Waals surface area (Å²) in [7, 11) is 0. The molecule has 0 rings (SSSR count). The van der Waals surface area contributed by atoms with Crippen molar-refractivity contribution in [2.45, 2.75) is 27.7 Å². The van der Waals surface area contributed by atoms with E-state index in [0.29, 0.717) is 0 Å². The van der Waals surface area contributed by atoms with Crippen LogP contribution in [-0.2, 0) is 4.74 Å². The van der Waals surface area contributed by atoms with Crippen molar-refractivity contribution in [1.82, 2.24) is 0 Å². The molecule has 0 bridgehead atoms. The Balaban J connectivity index is 4.04. The van der Waals surface area contributed by atoms with Crippen molar-refractivity contribution in [3.05, 3.63) is 24.0 Å². The van der Waals surface area contributed by atoms with Crippen molar-refractivity contribution in [2.24, 2.45) is 11.8 Å². The molecule has 0 unspecified atom stereocenters. The third-order valence-corrected chi connectivity index (χ3v) is 1.56. The van der Waals surface area contributed by atoms with Crippen LogP contribution in [0.25, 0.3) is 0 Å². The van der Waals surface area contributed by atoms with Gasteiger partial charge in [0.05, 0.1) is 0 Å². The fourth-order valence-corrected chi connectivity index (χ4v) is 0.446. The highest BCUT2D eigenvalue weighted by Gasteiger charge is 2.00. The first-order chi connectivity index (χ1) is 5.95. The zero-order valence-electron chi connectivity index (χ0n) is 8.61. The molecule has 0 aliphatic rings. The van der Waals surface area contributed by atoms with Crippen molar-refractivity contribution in [3.63, 3.8) is 0 Å². The van der Waals surface area contributed by atoms with Gasteiger partial charge in [-0.25, -0.2) is 0 Å². The summed E-state index contributed by atoms with van der Waals surface area (Å²) in [6, 6.07) is 0. The molecule has 2 N–H and O–H groups in total. The SMILES string of the molecule is CC(C)C(O)=COC=C(O)C(C)C.